The second-order valence-electron chi connectivity index (χ2n) is 4.83. The highest BCUT2D eigenvalue weighted by Gasteiger charge is 2.52. The standard InChI is InChI=1S/C16H22O6Si/c1-4-14(17)20-23(21-15(18)5-2,22-16(19)6-3)12-13-10-8-7-9-11-13/h7-11H,4-6,12H2,1-3H3. The van der Waals surface area contributed by atoms with Gasteiger partial charge in [-0.05, 0) is 5.56 Å². The first-order chi connectivity index (χ1) is 10.9. The Kier molecular flexibility index (Phi) is 7.47. The Morgan fingerprint density at radius 3 is 1.52 bits per heavy atom. The third kappa shape index (κ3) is 6.23. The van der Waals surface area contributed by atoms with Gasteiger partial charge >= 0.3 is 8.80 Å². The second kappa shape index (κ2) is 9.09. The van der Waals surface area contributed by atoms with Crippen molar-refractivity contribution < 1.29 is 27.7 Å². The summed E-state index contributed by atoms with van der Waals surface area (Å²) in [4.78, 5) is 35.4. The summed E-state index contributed by atoms with van der Waals surface area (Å²) in [7, 11) is -3.84. The van der Waals surface area contributed by atoms with Crippen LogP contribution in [0.25, 0.3) is 0 Å². The molecule has 0 N–H and O–H groups in total. The molecular formula is C16H22O6Si. The van der Waals surface area contributed by atoms with E-state index in [0.29, 0.717) is 0 Å². The first-order valence-electron chi connectivity index (χ1n) is 7.64. The number of hydrogen-bond acceptors (Lipinski definition) is 6. The zero-order valence-electron chi connectivity index (χ0n) is 13.7. The molecule has 23 heavy (non-hydrogen) atoms. The molecule has 0 heterocycles. The predicted molar refractivity (Wildman–Crippen MR) is 85.0 cm³/mol. The van der Waals surface area contributed by atoms with Gasteiger partial charge in [-0.15, -0.1) is 0 Å². The van der Waals surface area contributed by atoms with Crippen LogP contribution in [0.4, 0.5) is 0 Å². The molecule has 0 saturated carbocycles. The van der Waals surface area contributed by atoms with Gasteiger partial charge in [0, 0.05) is 19.3 Å². The lowest BCUT2D eigenvalue weighted by Gasteiger charge is -2.27. The maximum absolute atomic E-state index is 11.8. The maximum atomic E-state index is 11.8. The normalized spacial score (nSPS) is 10.7. The van der Waals surface area contributed by atoms with Gasteiger partial charge in [0.1, 0.15) is 0 Å². The number of carbonyl (C=O) groups is 3. The molecule has 1 aromatic carbocycles. The lowest BCUT2D eigenvalue weighted by Crippen LogP contribution is -2.52. The van der Waals surface area contributed by atoms with E-state index in [-0.39, 0.29) is 25.3 Å². The van der Waals surface area contributed by atoms with Crippen molar-refractivity contribution in [2.75, 3.05) is 0 Å². The lowest BCUT2D eigenvalue weighted by molar-refractivity contribution is -0.150. The summed E-state index contributed by atoms with van der Waals surface area (Å²) in [5.41, 5.74) is 0.760. The van der Waals surface area contributed by atoms with Crippen molar-refractivity contribution in [2.45, 2.75) is 46.1 Å². The van der Waals surface area contributed by atoms with Gasteiger partial charge in [0.25, 0.3) is 17.9 Å². The summed E-state index contributed by atoms with van der Waals surface area (Å²) in [6, 6.07) is 9.10. The Labute approximate surface area is 137 Å². The summed E-state index contributed by atoms with van der Waals surface area (Å²) >= 11 is 0. The Balaban J connectivity index is 3.16. The summed E-state index contributed by atoms with van der Waals surface area (Å²) < 4.78 is 16.1. The van der Waals surface area contributed by atoms with Crippen molar-refractivity contribution in [3.63, 3.8) is 0 Å². The molecule has 0 aliphatic rings. The Bertz CT molecular complexity index is 497. The molecule has 0 aromatic heterocycles. The molecule has 0 aliphatic carbocycles. The van der Waals surface area contributed by atoms with Crippen LogP contribution in [0.2, 0.25) is 0 Å². The highest BCUT2D eigenvalue weighted by Crippen LogP contribution is 2.20. The van der Waals surface area contributed by atoms with E-state index in [1.807, 2.05) is 6.07 Å². The molecule has 0 unspecified atom stereocenters. The first-order valence-corrected chi connectivity index (χ1v) is 9.57. The molecule has 0 aliphatic heterocycles. The van der Waals surface area contributed by atoms with Crippen molar-refractivity contribution in [3.8, 4) is 0 Å². The molecule has 0 fully saturated rings. The van der Waals surface area contributed by atoms with E-state index in [0.717, 1.165) is 5.56 Å². The van der Waals surface area contributed by atoms with Gasteiger partial charge in [-0.1, -0.05) is 51.1 Å². The molecular weight excluding hydrogens is 316 g/mol. The van der Waals surface area contributed by atoms with Crippen LogP contribution in [0.15, 0.2) is 30.3 Å². The zero-order chi connectivity index (χ0) is 17.3. The molecule has 0 spiro atoms. The van der Waals surface area contributed by atoms with E-state index in [9.17, 15) is 14.4 Å². The van der Waals surface area contributed by atoms with E-state index in [1.54, 1.807) is 45.0 Å². The van der Waals surface area contributed by atoms with E-state index < -0.39 is 26.7 Å². The minimum Gasteiger partial charge on any atom is -0.455 e. The average Bonchev–Trinajstić information content (AvgIpc) is 2.55. The number of carbonyl (C=O) groups excluding carboxylic acids is 3. The molecule has 7 heteroatoms. The summed E-state index contributed by atoms with van der Waals surface area (Å²) in [5.74, 6) is -1.71. The summed E-state index contributed by atoms with van der Waals surface area (Å²) in [6.07, 6.45) is 0.282. The predicted octanol–water partition coefficient (Wildman–Crippen LogP) is 2.57. The monoisotopic (exact) mass is 338 g/mol. The van der Waals surface area contributed by atoms with Gasteiger partial charge in [-0.3, -0.25) is 14.4 Å². The van der Waals surface area contributed by atoms with Crippen LogP contribution in [0.3, 0.4) is 0 Å². The van der Waals surface area contributed by atoms with Crippen LogP contribution in [0, 0.1) is 0 Å². The highest BCUT2D eigenvalue weighted by atomic mass is 28.4. The Morgan fingerprint density at radius 2 is 1.17 bits per heavy atom. The van der Waals surface area contributed by atoms with Crippen LogP contribution in [-0.2, 0) is 33.7 Å². The number of hydrogen-bond donors (Lipinski definition) is 0. The third-order valence-electron chi connectivity index (χ3n) is 2.94. The molecule has 0 bridgehead atoms. The number of rotatable bonds is 8. The maximum Gasteiger partial charge on any atom is 0.709 e. The van der Waals surface area contributed by atoms with Crippen molar-refractivity contribution >= 4 is 26.7 Å². The largest absolute Gasteiger partial charge is 0.709 e. The first kappa shape index (κ1) is 18.9. The van der Waals surface area contributed by atoms with Gasteiger partial charge in [0.2, 0.25) is 0 Å². The fourth-order valence-electron chi connectivity index (χ4n) is 1.75. The van der Waals surface area contributed by atoms with Gasteiger partial charge in [0.15, 0.2) is 0 Å². The minimum absolute atomic E-state index is 0.0665. The van der Waals surface area contributed by atoms with Crippen LogP contribution in [0.1, 0.15) is 45.6 Å². The molecule has 6 nitrogen and oxygen atoms in total. The van der Waals surface area contributed by atoms with Gasteiger partial charge in [0.05, 0.1) is 6.04 Å². The molecule has 1 aromatic rings. The van der Waals surface area contributed by atoms with Gasteiger partial charge in [-0.25, -0.2) is 0 Å². The van der Waals surface area contributed by atoms with Crippen molar-refractivity contribution in [2.24, 2.45) is 0 Å². The molecule has 126 valence electrons. The van der Waals surface area contributed by atoms with E-state index >= 15 is 0 Å². The third-order valence-corrected chi connectivity index (χ3v) is 5.39. The molecule has 1 rings (SSSR count). The molecule has 0 saturated heterocycles. The van der Waals surface area contributed by atoms with Crippen LogP contribution in [0.5, 0.6) is 0 Å². The second-order valence-corrected chi connectivity index (χ2v) is 7.16. The van der Waals surface area contributed by atoms with Crippen molar-refractivity contribution in [1.82, 2.24) is 0 Å². The number of benzene rings is 1. The van der Waals surface area contributed by atoms with Crippen molar-refractivity contribution in [3.05, 3.63) is 35.9 Å². The molecule has 0 atom stereocenters. The SMILES string of the molecule is CCC(=O)O[Si](Cc1ccccc1)(OC(=O)CC)OC(=O)CC. The highest BCUT2D eigenvalue weighted by molar-refractivity contribution is 6.65. The Morgan fingerprint density at radius 1 is 0.783 bits per heavy atom. The fraction of sp³-hybridized carbons (Fsp3) is 0.438. The fourth-order valence-corrected chi connectivity index (χ4v) is 4.30. The average molecular weight is 338 g/mol. The van der Waals surface area contributed by atoms with E-state index in [2.05, 4.69) is 0 Å². The Hall–Kier alpha value is -2.15. The van der Waals surface area contributed by atoms with Crippen LogP contribution >= 0.6 is 0 Å². The summed E-state index contributed by atoms with van der Waals surface area (Å²) in [5, 5.41) is 0. The summed E-state index contributed by atoms with van der Waals surface area (Å²) in [6.45, 7) is 4.86. The minimum atomic E-state index is -3.84. The topological polar surface area (TPSA) is 78.9 Å². The van der Waals surface area contributed by atoms with Crippen LogP contribution < -0.4 is 0 Å². The molecule has 0 radical (unpaired) electrons. The van der Waals surface area contributed by atoms with Crippen LogP contribution in [-0.4, -0.2) is 26.7 Å². The van der Waals surface area contributed by atoms with E-state index in [1.165, 1.54) is 0 Å². The quantitative estimate of drug-likeness (QED) is 0.678. The lowest BCUT2D eigenvalue weighted by atomic mass is 10.2. The zero-order valence-corrected chi connectivity index (χ0v) is 14.7. The van der Waals surface area contributed by atoms with Gasteiger partial charge < -0.3 is 13.3 Å². The van der Waals surface area contributed by atoms with Gasteiger partial charge in [-0.2, -0.15) is 0 Å². The van der Waals surface area contributed by atoms with E-state index in [4.69, 9.17) is 13.3 Å². The van der Waals surface area contributed by atoms with Crippen molar-refractivity contribution in [1.29, 1.82) is 0 Å². The molecule has 0 amide bonds. The smallest absolute Gasteiger partial charge is 0.455 e.